The molecule has 0 saturated heterocycles. The summed E-state index contributed by atoms with van der Waals surface area (Å²) >= 11 is 0. The molecule has 1 saturated carbocycles. The quantitative estimate of drug-likeness (QED) is 0.887. The van der Waals surface area contributed by atoms with Crippen LogP contribution in [0.25, 0.3) is 0 Å². The summed E-state index contributed by atoms with van der Waals surface area (Å²) in [6.45, 7) is 4.35. The van der Waals surface area contributed by atoms with Crippen LogP contribution in [-0.4, -0.2) is 17.0 Å². The number of hydrogen-bond acceptors (Lipinski definition) is 3. The molecule has 1 fully saturated rings. The second-order valence-electron chi connectivity index (χ2n) is 5.50. The lowest BCUT2D eigenvalue weighted by Crippen LogP contribution is -2.33. The number of aryl methyl sites for hydroxylation is 1. The zero-order chi connectivity index (χ0) is 13.0. The molecule has 3 nitrogen and oxygen atoms in total. The number of aromatic nitrogens is 2. The molecule has 2 rings (SSSR count). The fourth-order valence-corrected chi connectivity index (χ4v) is 3.28. The van der Waals surface area contributed by atoms with Crippen LogP contribution < -0.4 is 5.32 Å². The maximum atomic E-state index is 4.52. The third kappa shape index (κ3) is 2.89. The van der Waals surface area contributed by atoms with Crippen molar-refractivity contribution in [1.82, 2.24) is 15.3 Å². The van der Waals surface area contributed by atoms with E-state index in [9.17, 15) is 0 Å². The van der Waals surface area contributed by atoms with E-state index in [1.54, 1.807) is 0 Å². The second-order valence-corrected chi connectivity index (χ2v) is 5.50. The van der Waals surface area contributed by atoms with Crippen LogP contribution in [-0.2, 0) is 0 Å². The van der Waals surface area contributed by atoms with E-state index in [4.69, 9.17) is 0 Å². The molecule has 3 atom stereocenters. The molecule has 3 heteroatoms. The first-order chi connectivity index (χ1) is 8.76. The Morgan fingerprint density at radius 2 is 1.94 bits per heavy atom. The van der Waals surface area contributed by atoms with Gasteiger partial charge in [0.25, 0.3) is 0 Å². The standard InChI is InChI=1S/C15H25N3/c1-4-12-7-5-6-8-13(12)14(16-3)15-17-9-11(2)10-18-15/h9-10,12-14,16H,4-8H2,1-3H3. The minimum absolute atomic E-state index is 0.316. The molecule has 0 radical (unpaired) electrons. The molecule has 0 bridgehead atoms. The second kappa shape index (κ2) is 6.28. The lowest BCUT2D eigenvalue weighted by molar-refractivity contribution is 0.176. The first kappa shape index (κ1) is 13.5. The summed E-state index contributed by atoms with van der Waals surface area (Å²) in [5.74, 6) is 2.48. The zero-order valence-electron chi connectivity index (χ0n) is 11.8. The van der Waals surface area contributed by atoms with Crippen LogP contribution in [0.1, 0.15) is 56.5 Å². The van der Waals surface area contributed by atoms with Crippen molar-refractivity contribution in [3.63, 3.8) is 0 Å². The van der Waals surface area contributed by atoms with Crippen LogP contribution in [0.15, 0.2) is 12.4 Å². The molecule has 1 aliphatic carbocycles. The molecule has 0 aliphatic heterocycles. The van der Waals surface area contributed by atoms with Gasteiger partial charge in [-0.2, -0.15) is 0 Å². The maximum Gasteiger partial charge on any atom is 0.145 e. The Labute approximate surface area is 110 Å². The Bertz CT molecular complexity index is 361. The van der Waals surface area contributed by atoms with Gasteiger partial charge in [-0.1, -0.05) is 32.6 Å². The van der Waals surface area contributed by atoms with Gasteiger partial charge in [0, 0.05) is 12.4 Å². The Kier molecular flexibility index (Phi) is 4.70. The Morgan fingerprint density at radius 3 is 2.56 bits per heavy atom. The number of rotatable bonds is 4. The van der Waals surface area contributed by atoms with E-state index >= 15 is 0 Å². The van der Waals surface area contributed by atoms with Gasteiger partial charge in [-0.25, -0.2) is 9.97 Å². The number of hydrogen-bond donors (Lipinski definition) is 1. The Balaban J connectivity index is 2.18. The van der Waals surface area contributed by atoms with E-state index in [0.717, 1.165) is 17.3 Å². The van der Waals surface area contributed by atoms with Gasteiger partial charge in [0.05, 0.1) is 6.04 Å². The van der Waals surface area contributed by atoms with Crippen LogP contribution in [0.5, 0.6) is 0 Å². The molecule has 1 aliphatic rings. The Morgan fingerprint density at radius 1 is 1.28 bits per heavy atom. The normalized spacial score (nSPS) is 25.9. The highest BCUT2D eigenvalue weighted by molar-refractivity contribution is 5.06. The maximum absolute atomic E-state index is 4.52. The third-order valence-electron chi connectivity index (χ3n) is 4.31. The molecular formula is C15H25N3. The van der Waals surface area contributed by atoms with Gasteiger partial charge in [0.15, 0.2) is 0 Å². The highest BCUT2D eigenvalue weighted by Gasteiger charge is 2.32. The molecule has 100 valence electrons. The molecule has 1 heterocycles. The fourth-order valence-electron chi connectivity index (χ4n) is 3.28. The smallest absolute Gasteiger partial charge is 0.145 e. The van der Waals surface area contributed by atoms with Gasteiger partial charge >= 0.3 is 0 Å². The van der Waals surface area contributed by atoms with Gasteiger partial charge in [0.1, 0.15) is 5.82 Å². The van der Waals surface area contributed by atoms with Gasteiger partial charge < -0.3 is 5.32 Å². The minimum Gasteiger partial charge on any atom is -0.310 e. The minimum atomic E-state index is 0.316. The van der Waals surface area contributed by atoms with Gasteiger partial charge in [-0.05, 0) is 37.8 Å². The van der Waals surface area contributed by atoms with Crippen LogP contribution in [0.3, 0.4) is 0 Å². The first-order valence-corrected chi connectivity index (χ1v) is 7.22. The highest BCUT2D eigenvalue weighted by Crippen LogP contribution is 2.39. The summed E-state index contributed by atoms with van der Waals surface area (Å²) < 4.78 is 0. The zero-order valence-corrected chi connectivity index (χ0v) is 11.8. The topological polar surface area (TPSA) is 37.8 Å². The molecule has 0 aromatic carbocycles. The molecule has 1 N–H and O–H groups in total. The predicted octanol–water partition coefficient (Wildman–Crippen LogP) is 3.26. The summed E-state index contributed by atoms with van der Waals surface area (Å²) in [7, 11) is 2.04. The molecule has 3 unspecified atom stereocenters. The van der Waals surface area contributed by atoms with Crippen LogP contribution in [0.4, 0.5) is 0 Å². The van der Waals surface area contributed by atoms with Crippen LogP contribution >= 0.6 is 0 Å². The van der Waals surface area contributed by atoms with E-state index < -0.39 is 0 Å². The van der Waals surface area contributed by atoms with Crippen LogP contribution in [0.2, 0.25) is 0 Å². The van der Waals surface area contributed by atoms with Crippen molar-refractivity contribution in [1.29, 1.82) is 0 Å². The largest absolute Gasteiger partial charge is 0.310 e. The van der Waals surface area contributed by atoms with E-state index in [1.807, 2.05) is 26.4 Å². The summed E-state index contributed by atoms with van der Waals surface area (Å²) in [4.78, 5) is 9.04. The van der Waals surface area contributed by atoms with Crippen molar-refractivity contribution < 1.29 is 0 Å². The van der Waals surface area contributed by atoms with Crippen molar-refractivity contribution in [2.75, 3.05) is 7.05 Å². The van der Waals surface area contributed by atoms with Crippen molar-refractivity contribution in [3.8, 4) is 0 Å². The van der Waals surface area contributed by atoms with E-state index in [2.05, 4.69) is 22.2 Å². The third-order valence-corrected chi connectivity index (χ3v) is 4.31. The van der Waals surface area contributed by atoms with E-state index in [1.165, 1.54) is 32.1 Å². The lowest BCUT2D eigenvalue weighted by atomic mass is 9.74. The van der Waals surface area contributed by atoms with Gasteiger partial charge in [0.2, 0.25) is 0 Å². The molecule has 0 spiro atoms. The average molecular weight is 247 g/mol. The van der Waals surface area contributed by atoms with E-state index in [-0.39, 0.29) is 0 Å². The van der Waals surface area contributed by atoms with Crippen molar-refractivity contribution >= 4 is 0 Å². The van der Waals surface area contributed by atoms with Crippen molar-refractivity contribution in [2.45, 2.75) is 52.0 Å². The summed E-state index contributed by atoms with van der Waals surface area (Å²) in [5.41, 5.74) is 1.13. The number of nitrogens with zero attached hydrogens (tertiary/aromatic N) is 2. The molecule has 1 aromatic rings. The average Bonchev–Trinajstić information content (AvgIpc) is 2.42. The number of nitrogens with one attached hydrogen (secondary N) is 1. The van der Waals surface area contributed by atoms with Gasteiger partial charge in [-0.15, -0.1) is 0 Å². The monoisotopic (exact) mass is 247 g/mol. The molecule has 0 amide bonds. The molecular weight excluding hydrogens is 222 g/mol. The van der Waals surface area contributed by atoms with Crippen LogP contribution in [0, 0.1) is 18.8 Å². The summed E-state index contributed by atoms with van der Waals surface area (Å²) in [5, 5.41) is 3.45. The highest BCUT2D eigenvalue weighted by atomic mass is 15.0. The summed E-state index contributed by atoms with van der Waals surface area (Å²) in [6, 6.07) is 0.316. The van der Waals surface area contributed by atoms with E-state index in [0.29, 0.717) is 12.0 Å². The lowest BCUT2D eigenvalue weighted by Gasteiger charge is -2.36. The Hall–Kier alpha value is -0.960. The SMILES string of the molecule is CCC1CCCCC1C(NC)c1ncc(C)cn1. The summed E-state index contributed by atoms with van der Waals surface area (Å²) in [6.07, 6.45) is 10.5. The van der Waals surface area contributed by atoms with Gasteiger partial charge in [-0.3, -0.25) is 0 Å². The first-order valence-electron chi connectivity index (χ1n) is 7.22. The predicted molar refractivity (Wildman–Crippen MR) is 74.3 cm³/mol. The molecule has 1 aromatic heterocycles. The molecule has 18 heavy (non-hydrogen) atoms. The fraction of sp³-hybridized carbons (Fsp3) is 0.733. The van der Waals surface area contributed by atoms with Crippen molar-refractivity contribution in [3.05, 3.63) is 23.8 Å². The van der Waals surface area contributed by atoms with Crippen molar-refractivity contribution in [2.24, 2.45) is 11.8 Å².